The van der Waals surface area contributed by atoms with Gasteiger partial charge in [-0.3, -0.25) is 4.79 Å². The van der Waals surface area contributed by atoms with E-state index in [0.717, 1.165) is 26.2 Å². The average molecular weight is 226 g/mol. The molecule has 16 heavy (non-hydrogen) atoms. The summed E-state index contributed by atoms with van der Waals surface area (Å²) in [6, 6.07) is 0. The summed E-state index contributed by atoms with van der Waals surface area (Å²) in [6.45, 7) is 4.71. The van der Waals surface area contributed by atoms with Gasteiger partial charge in [0.15, 0.2) is 0 Å². The lowest BCUT2D eigenvalue weighted by molar-refractivity contribution is -0.134. The third-order valence-corrected chi connectivity index (χ3v) is 4.03. The zero-order valence-corrected chi connectivity index (χ0v) is 10.1. The third-order valence-electron chi connectivity index (χ3n) is 4.03. The number of piperidine rings is 1. The van der Waals surface area contributed by atoms with Crippen LogP contribution in [-0.4, -0.2) is 50.7 Å². The maximum absolute atomic E-state index is 11.8. The van der Waals surface area contributed by atoms with E-state index >= 15 is 0 Å². The molecule has 1 N–H and O–H groups in total. The molecule has 2 aliphatic rings. The SMILES string of the molecule is COCCC(=O)N1CCC2(CCNC2)CC1. The number of methoxy groups -OCH3 is 1. The Morgan fingerprint density at radius 1 is 1.38 bits per heavy atom. The molecule has 4 nitrogen and oxygen atoms in total. The Balaban J connectivity index is 1.78. The number of hydrogen-bond donors (Lipinski definition) is 1. The number of carbonyl (C=O) groups is 1. The summed E-state index contributed by atoms with van der Waals surface area (Å²) in [6.07, 6.45) is 4.15. The van der Waals surface area contributed by atoms with Crippen molar-refractivity contribution >= 4 is 5.91 Å². The molecule has 0 aromatic rings. The van der Waals surface area contributed by atoms with Crippen LogP contribution in [0.4, 0.5) is 0 Å². The molecular weight excluding hydrogens is 204 g/mol. The van der Waals surface area contributed by atoms with Gasteiger partial charge in [-0.1, -0.05) is 0 Å². The van der Waals surface area contributed by atoms with Crippen LogP contribution in [0.15, 0.2) is 0 Å². The highest BCUT2D eigenvalue weighted by molar-refractivity contribution is 5.76. The van der Waals surface area contributed by atoms with Crippen molar-refractivity contribution in [3.63, 3.8) is 0 Å². The Bertz CT molecular complexity index is 239. The summed E-state index contributed by atoms with van der Waals surface area (Å²) in [4.78, 5) is 13.8. The molecule has 1 amide bonds. The van der Waals surface area contributed by atoms with Gasteiger partial charge in [-0.2, -0.15) is 0 Å². The summed E-state index contributed by atoms with van der Waals surface area (Å²) >= 11 is 0. The fourth-order valence-corrected chi connectivity index (χ4v) is 2.80. The highest BCUT2D eigenvalue weighted by Crippen LogP contribution is 2.36. The molecule has 1 spiro atoms. The Morgan fingerprint density at radius 2 is 2.12 bits per heavy atom. The molecule has 2 aliphatic heterocycles. The van der Waals surface area contributed by atoms with Crippen molar-refractivity contribution in [1.29, 1.82) is 0 Å². The van der Waals surface area contributed by atoms with Crippen molar-refractivity contribution in [2.45, 2.75) is 25.7 Å². The summed E-state index contributed by atoms with van der Waals surface area (Å²) in [5.41, 5.74) is 0.498. The zero-order valence-electron chi connectivity index (χ0n) is 10.1. The molecule has 0 atom stereocenters. The van der Waals surface area contributed by atoms with Gasteiger partial charge < -0.3 is 15.0 Å². The zero-order chi connectivity index (χ0) is 11.4. The summed E-state index contributed by atoms with van der Waals surface area (Å²) < 4.78 is 4.94. The molecule has 0 aliphatic carbocycles. The summed E-state index contributed by atoms with van der Waals surface area (Å²) in [5, 5.41) is 3.44. The van der Waals surface area contributed by atoms with Crippen LogP contribution in [0.2, 0.25) is 0 Å². The van der Waals surface area contributed by atoms with Gasteiger partial charge in [-0.25, -0.2) is 0 Å². The van der Waals surface area contributed by atoms with E-state index in [4.69, 9.17) is 4.74 Å². The van der Waals surface area contributed by atoms with Crippen LogP contribution < -0.4 is 5.32 Å². The van der Waals surface area contributed by atoms with Crippen molar-refractivity contribution in [3.05, 3.63) is 0 Å². The smallest absolute Gasteiger partial charge is 0.224 e. The topological polar surface area (TPSA) is 41.6 Å². The van der Waals surface area contributed by atoms with Crippen LogP contribution in [0.5, 0.6) is 0 Å². The molecule has 2 heterocycles. The molecule has 0 aromatic heterocycles. The van der Waals surface area contributed by atoms with E-state index in [1.165, 1.54) is 19.3 Å². The van der Waals surface area contributed by atoms with E-state index < -0.39 is 0 Å². The van der Waals surface area contributed by atoms with Gasteiger partial charge in [0.2, 0.25) is 5.91 Å². The van der Waals surface area contributed by atoms with Gasteiger partial charge in [0.05, 0.1) is 13.0 Å². The molecule has 0 aromatic carbocycles. The van der Waals surface area contributed by atoms with Crippen LogP contribution in [0.25, 0.3) is 0 Å². The van der Waals surface area contributed by atoms with Crippen molar-refractivity contribution in [3.8, 4) is 0 Å². The summed E-state index contributed by atoms with van der Waals surface area (Å²) in [5.74, 6) is 0.252. The van der Waals surface area contributed by atoms with Crippen LogP contribution in [0, 0.1) is 5.41 Å². The largest absolute Gasteiger partial charge is 0.384 e. The predicted octanol–water partition coefficient (Wildman–Crippen LogP) is 0.625. The number of amides is 1. The molecule has 92 valence electrons. The van der Waals surface area contributed by atoms with Crippen LogP contribution in [0.1, 0.15) is 25.7 Å². The van der Waals surface area contributed by atoms with E-state index in [1.54, 1.807) is 7.11 Å². The summed E-state index contributed by atoms with van der Waals surface area (Å²) in [7, 11) is 1.64. The molecule has 0 radical (unpaired) electrons. The fourth-order valence-electron chi connectivity index (χ4n) is 2.80. The highest BCUT2D eigenvalue weighted by atomic mass is 16.5. The maximum atomic E-state index is 11.8. The number of carbonyl (C=O) groups excluding carboxylic acids is 1. The monoisotopic (exact) mass is 226 g/mol. The first-order valence-electron chi connectivity index (χ1n) is 6.23. The van der Waals surface area contributed by atoms with E-state index in [1.807, 2.05) is 4.90 Å². The van der Waals surface area contributed by atoms with Crippen molar-refractivity contribution < 1.29 is 9.53 Å². The molecule has 0 bridgehead atoms. The normalized spacial score (nSPS) is 23.9. The first kappa shape index (κ1) is 11.9. The van der Waals surface area contributed by atoms with Gasteiger partial charge in [0.25, 0.3) is 0 Å². The highest BCUT2D eigenvalue weighted by Gasteiger charge is 2.37. The molecule has 2 saturated heterocycles. The Morgan fingerprint density at radius 3 is 2.69 bits per heavy atom. The van der Waals surface area contributed by atoms with Crippen molar-refractivity contribution in [2.24, 2.45) is 5.41 Å². The number of nitrogens with one attached hydrogen (secondary N) is 1. The molecule has 4 heteroatoms. The predicted molar refractivity (Wildman–Crippen MR) is 62.2 cm³/mol. The Hall–Kier alpha value is -0.610. The minimum absolute atomic E-state index is 0.252. The van der Waals surface area contributed by atoms with Crippen molar-refractivity contribution in [2.75, 3.05) is 39.9 Å². The van der Waals surface area contributed by atoms with Crippen LogP contribution in [-0.2, 0) is 9.53 Å². The van der Waals surface area contributed by atoms with Crippen LogP contribution in [0.3, 0.4) is 0 Å². The van der Waals surface area contributed by atoms with Gasteiger partial charge in [0.1, 0.15) is 0 Å². The molecule has 2 fully saturated rings. The van der Waals surface area contributed by atoms with E-state index in [-0.39, 0.29) is 5.91 Å². The third kappa shape index (κ3) is 2.55. The minimum Gasteiger partial charge on any atom is -0.384 e. The molecular formula is C12H22N2O2. The fraction of sp³-hybridized carbons (Fsp3) is 0.917. The Kier molecular flexibility index (Phi) is 3.82. The van der Waals surface area contributed by atoms with E-state index in [0.29, 0.717) is 18.4 Å². The van der Waals surface area contributed by atoms with Crippen molar-refractivity contribution in [1.82, 2.24) is 10.2 Å². The van der Waals surface area contributed by atoms with Crippen LogP contribution >= 0.6 is 0 Å². The molecule has 0 saturated carbocycles. The van der Waals surface area contributed by atoms with E-state index in [9.17, 15) is 4.79 Å². The number of likely N-dealkylation sites (tertiary alicyclic amines) is 1. The number of nitrogens with zero attached hydrogens (tertiary/aromatic N) is 1. The van der Waals surface area contributed by atoms with Gasteiger partial charge in [0, 0.05) is 26.7 Å². The second-order valence-electron chi connectivity index (χ2n) is 5.05. The second-order valence-corrected chi connectivity index (χ2v) is 5.05. The lowest BCUT2D eigenvalue weighted by atomic mass is 9.78. The lowest BCUT2D eigenvalue weighted by Gasteiger charge is -2.38. The average Bonchev–Trinajstić information content (AvgIpc) is 2.75. The first-order chi connectivity index (χ1) is 7.76. The number of rotatable bonds is 3. The molecule has 2 rings (SSSR count). The lowest BCUT2D eigenvalue weighted by Crippen LogP contribution is -2.44. The van der Waals surface area contributed by atoms with E-state index in [2.05, 4.69) is 5.32 Å². The quantitative estimate of drug-likeness (QED) is 0.767. The molecule has 0 unspecified atom stereocenters. The van der Waals surface area contributed by atoms with Gasteiger partial charge in [-0.15, -0.1) is 0 Å². The minimum atomic E-state index is 0.252. The standard InChI is InChI=1S/C12H22N2O2/c1-16-9-2-11(15)14-7-4-12(5-8-14)3-6-13-10-12/h13H,2-10H2,1H3. The van der Waals surface area contributed by atoms with Gasteiger partial charge >= 0.3 is 0 Å². The maximum Gasteiger partial charge on any atom is 0.224 e. The van der Waals surface area contributed by atoms with Gasteiger partial charge in [-0.05, 0) is 31.2 Å². The number of hydrogen-bond acceptors (Lipinski definition) is 3. The Labute approximate surface area is 97.3 Å². The first-order valence-corrected chi connectivity index (χ1v) is 6.23. The second kappa shape index (κ2) is 5.15. The number of ether oxygens (including phenoxy) is 1.